The number of hydrogen-bond acceptors (Lipinski definition) is 2. The van der Waals surface area contributed by atoms with Crippen molar-refractivity contribution >= 4 is 23.7 Å². The average Bonchev–Trinajstić information content (AvgIpc) is 2.53. The van der Waals surface area contributed by atoms with Gasteiger partial charge in [-0.3, -0.25) is 0 Å². The summed E-state index contributed by atoms with van der Waals surface area (Å²) in [7, 11) is 0. The molecule has 1 fully saturated rings. The zero-order valence-electron chi connectivity index (χ0n) is 7.88. The summed E-state index contributed by atoms with van der Waals surface area (Å²) in [5.74, 6) is 0.839. The second kappa shape index (κ2) is 4.99. The first kappa shape index (κ1) is 11.0. The lowest BCUT2D eigenvalue weighted by Crippen LogP contribution is -2.26. The Morgan fingerprint density at radius 2 is 2.08 bits per heavy atom. The van der Waals surface area contributed by atoms with Gasteiger partial charge in [-0.1, -0.05) is 0 Å². The molecule has 13 heavy (non-hydrogen) atoms. The lowest BCUT2D eigenvalue weighted by Gasteiger charge is -2.22. The molecule has 1 N–H and O–H groups in total. The third-order valence-corrected chi connectivity index (χ3v) is 3.79. The highest BCUT2D eigenvalue weighted by Crippen LogP contribution is 2.31. The van der Waals surface area contributed by atoms with Crippen molar-refractivity contribution in [2.75, 3.05) is 13.1 Å². The molecule has 1 aliphatic rings. The zero-order chi connectivity index (χ0) is 8.39. The first-order chi connectivity index (χ1) is 5.88. The molecule has 0 spiro atoms. The largest absolute Gasteiger partial charge is 0.317 e. The van der Waals surface area contributed by atoms with Gasteiger partial charge in [-0.05, 0) is 55.8 Å². The number of piperidine rings is 1. The van der Waals surface area contributed by atoms with Crippen molar-refractivity contribution in [3.05, 3.63) is 21.9 Å². The summed E-state index contributed by atoms with van der Waals surface area (Å²) in [6.07, 6.45) is 2.64. The zero-order valence-corrected chi connectivity index (χ0v) is 9.51. The Labute approximate surface area is 90.0 Å². The standard InChI is InChI=1S/C10H15NS.ClH/c1-8-4-7-12-10(8)9-2-5-11-6-3-9;/h4,7,9,11H,2-3,5-6H2,1H3;1H. The molecule has 0 bridgehead atoms. The van der Waals surface area contributed by atoms with Gasteiger partial charge in [0.15, 0.2) is 0 Å². The second-order valence-corrected chi connectivity index (χ2v) is 4.44. The van der Waals surface area contributed by atoms with E-state index in [1.807, 2.05) is 11.3 Å². The predicted octanol–water partition coefficient (Wildman–Crippen LogP) is 2.95. The minimum absolute atomic E-state index is 0. The third-order valence-electron chi connectivity index (χ3n) is 2.61. The molecule has 0 saturated carbocycles. The fourth-order valence-corrected chi connectivity index (χ4v) is 2.99. The maximum atomic E-state index is 3.40. The summed E-state index contributed by atoms with van der Waals surface area (Å²) in [6.45, 7) is 4.62. The van der Waals surface area contributed by atoms with Crippen LogP contribution in [-0.2, 0) is 0 Å². The highest BCUT2D eigenvalue weighted by molar-refractivity contribution is 7.10. The first-order valence-corrected chi connectivity index (χ1v) is 5.50. The number of halogens is 1. The minimum atomic E-state index is 0. The maximum absolute atomic E-state index is 3.40. The van der Waals surface area contributed by atoms with Gasteiger partial charge in [-0.25, -0.2) is 0 Å². The van der Waals surface area contributed by atoms with Crippen LogP contribution in [-0.4, -0.2) is 13.1 Å². The monoisotopic (exact) mass is 217 g/mol. The van der Waals surface area contributed by atoms with Gasteiger partial charge in [-0.15, -0.1) is 23.7 Å². The topological polar surface area (TPSA) is 12.0 Å². The van der Waals surface area contributed by atoms with Crippen molar-refractivity contribution in [2.24, 2.45) is 0 Å². The van der Waals surface area contributed by atoms with Crippen molar-refractivity contribution in [3.63, 3.8) is 0 Å². The predicted molar refractivity (Wildman–Crippen MR) is 61.1 cm³/mol. The number of rotatable bonds is 1. The van der Waals surface area contributed by atoms with Crippen LogP contribution in [0.3, 0.4) is 0 Å². The molecule has 0 unspecified atom stereocenters. The van der Waals surface area contributed by atoms with Crippen molar-refractivity contribution in [1.29, 1.82) is 0 Å². The fourth-order valence-electron chi connectivity index (χ4n) is 1.89. The number of aryl methyl sites for hydroxylation is 1. The van der Waals surface area contributed by atoms with E-state index in [0.29, 0.717) is 0 Å². The number of thiophene rings is 1. The number of hydrogen-bond donors (Lipinski definition) is 1. The van der Waals surface area contributed by atoms with Gasteiger partial charge in [0.05, 0.1) is 0 Å². The van der Waals surface area contributed by atoms with E-state index in [4.69, 9.17) is 0 Å². The van der Waals surface area contributed by atoms with Crippen LogP contribution >= 0.6 is 23.7 Å². The Balaban J connectivity index is 0.000000845. The maximum Gasteiger partial charge on any atom is 0.0106 e. The number of nitrogens with one attached hydrogen (secondary N) is 1. The van der Waals surface area contributed by atoms with Crippen molar-refractivity contribution < 1.29 is 0 Å². The van der Waals surface area contributed by atoms with E-state index in [9.17, 15) is 0 Å². The minimum Gasteiger partial charge on any atom is -0.317 e. The highest BCUT2D eigenvalue weighted by Gasteiger charge is 2.17. The Hall–Kier alpha value is -0.0500. The Morgan fingerprint density at radius 1 is 1.38 bits per heavy atom. The van der Waals surface area contributed by atoms with Crippen LogP contribution in [0.2, 0.25) is 0 Å². The van der Waals surface area contributed by atoms with Crippen LogP contribution in [0.15, 0.2) is 11.4 Å². The van der Waals surface area contributed by atoms with Crippen LogP contribution in [0.25, 0.3) is 0 Å². The summed E-state index contributed by atoms with van der Waals surface area (Å²) in [4.78, 5) is 1.62. The molecule has 0 radical (unpaired) electrons. The molecule has 0 aromatic carbocycles. The molecule has 2 heterocycles. The average molecular weight is 218 g/mol. The summed E-state index contributed by atoms with van der Waals surface area (Å²) >= 11 is 1.93. The molecule has 1 aliphatic heterocycles. The lowest BCUT2D eigenvalue weighted by molar-refractivity contribution is 0.464. The molecule has 0 aliphatic carbocycles. The molecule has 1 aromatic rings. The smallest absolute Gasteiger partial charge is 0.0106 e. The van der Waals surface area contributed by atoms with E-state index in [1.165, 1.54) is 31.5 Å². The molecule has 1 aromatic heterocycles. The van der Waals surface area contributed by atoms with Gasteiger partial charge >= 0.3 is 0 Å². The fraction of sp³-hybridized carbons (Fsp3) is 0.600. The lowest BCUT2D eigenvalue weighted by atomic mass is 9.94. The Kier molecular flexibility index (Phi) is 4.23. The van der Waals surface area contributed by atoms with E-state index < -0.39 is 0 Å². The Bertz CT molecular complexity index is 253. The summed E-state index contributed by atoms with van der Waals surface area (Å²) in [5, 5.41) is 5.62. The van der Waals surface area contributed by atoms with E-state index in [1.54, 1.807) is 4.88 Å². The van der Waals surface area contributed by atoms with Gasteiger partial charge < -0.3 is 5.32 Å². The van der Waals surface area contributed by atoms with Gasteiger partial charge in [0.2, 0.25) is 0 Å². The molecule has 74 valence electrons. The molecule has 3 heteroatoms. The first-order valence-electron chi connectivity index (χ1n) is 4.62. The van der Waals surface area contributed by atoms with E-state index in [0.717, 1.165) is 5.92 Å². The SMILES string of the molecule is Cc1ccsc1C1CCNCC1.Cl. The van der Waals surface area contributed by atoms with E-state index in [-0.39, 0.29) is 12.4 Å². The summed E-state index contributed by atoms with van der Waals surface area (Å²) in [6, 6.07) is 2.24. The molecular formula is C10H16ClNS. The van der Waals surface area contributed by atoms with Gasteiger partial charge in [0, 0.05) is 4.88 Å². The molecule has 1 nitrogen and oxygen atoms in total. The van der Waals surface area contributed by atoms with Gasteiger partial charge in [-0.2, -0.15) is 0 Å². The van der Waals surface area contributed by atoms with Crippen molar-refractivity contribution in [3.8, 4) is 0 Å². The van der Waals surface area contributed by atoms with Crippen LogP contribution < -0.4 is 5.32 Å². The second-order valence-electron chi connectivity index (χ2n) is 3.49. The summed E-state index contributed by atoms with van der Waals surface area (Å²) < 4.78 is 0. The van der Waals surface area contributed by atoms with Crippen LogP contribution in [0.1, 0.15) is 29.2 Å². The molecular weight excluding hydrogens is 202 g/mol. The third kappa shape index (κ3) is 2.46. The van der Waals surface area contributed by atoms with Gasteiger partial charge in [0.25, 0.3) is 0 Å². The normalized spacial score (nSPS) is 18.2. The van der Waals surface area contributed by atoms with E-state index >= 15 is 0 Å². The summed E-state index contributed by atoms with van der Waals surface area (Å²) in [5.41, 5.74) is 1.49. The van der Waals surface area contributed by atoms with Crippen molar-refractivity contribution in [1.82, 2.24) is 5.32 Å². The highest BCUT2D eigenvalue weighted by atomic mass is 35.5. The van der Waals surface area contributed by atoms with E-state index in [2.05, 4.69) is 23.7 Å². The molecule has 2 rings (SSSR count). The quantitative estimate of drug-likeness (QED) is 0.763. The molecule has 1 saturated heterocycles. The molecule has 0 atom stereocenters. The van der Waals surface area contributed by atoms with Crippen LogP contribution in [0.5, 0.6) is 0 Å². The van der Waals surface area contributed by atoms with Crippen LogP contribution in [0.4, 0.5) is 0 Å². The Morgan fingerprint density at radius 3 is 2.62 bits per heavy atom. The molecule has 0 amide bonds. The van der Waals surface area contributed by atoms with Gasteiger partial charge in [0.1, 0.15) is 0 Å². The van der Waals surface area contributed by atoms with Crippen LogP contribution in [0, 0.1) is 6.92 Å². The van der Waals surface area contributed by atoms with Crippen molar-refractivity contribution in [2.45, 2.75) is 25.7 Å².